The molecule has 0 aliphatic rings. The lowest BCUT2D eigenvalue weighted by Gasteiger charge is -2.14. The van der Waals surface area contributed by atoms with Crippen LogP contribution in [0.2, 0.25) is 0 Å². The maximum Gasteiger partial charge on any atom is 0.263 e. The SMILES string of the molecule is Cc1ccc(N)c(NS(=O)(=O)c2cccnc2)c1C. The number of aryl methyl sites for hydroxylation is 1. The molecule has 0 fully saturated rings. The number of hydrogen-bond donors (Lipinski definition) is 2. The van der Waals surface area contributed by atoms with Crippen molar-refractivity contribution in [3.63, 3.8) is 0 Å². The fraction of sp³-hybridized carbons (Fsp3) is 0.154. The van der Waals surface area contributed by atoms with Crippen molar-refractivity contribution in [2.75, 3.05) is 10.5 Å². The van der Waals surface area contributed by atoms with E-state index in [9.17, 15) is 8.42 Å². The van der Waals surface area contributed by atoms with E-state index >= 15 is 0 Å². The second kappa shape index (κ2) is 4.89. The fourth-order valence-electron chi connectivity index (χ4n) is 1.67. The maximum absolute atomic E-state index is 12.2. The highest BCUT2D eigenvalue weighted by atomic mass is 32.2. The first kappa shape index (κ1) is 13.4. The Bertz CT molecular complexity index is 697. The topological polar surface area (TPSA) is 85.1 Å². The first-order valence-corrected chi connectivity index (χ1v) is 7.18. The maximum atomic E-state index is 12.2. The highest BCUT2D eigenvalue weighted by Crippen LogP contribution is 2.28. The number of pyridine rings is 1. The Balaban J connectivity index is 2.45. The molecule has 0 bridgehead atoms. The Labute approximate surface area is 112 Å². The summed E-state index contributed by atoms with van der Waals surface area (Å²) in [4.78, 5) is 3.91. The molecule has 100 valence electrons. The molecule has 0 amide bonds. The number of hydrogen-bond acceptors (Lipinski definition) is 4. The predicted octanol–water partition coefficient (Wildman–Crippen LogP) is 2.08. The van der Waals surface area contributed by atoms with E-state index in [1.807, 2.05) is 19.9 Å². The third kappa shape index (κ3) is 2.68. The van der Waals surface area contributed by atoms with Crippen LogP contribution < -0.4 is 10.5 Å². The molecular weight excluding hydrogens is 262 g/mol. The van der Waals surface area contributed by atoms with E-state index in [0.29, 0.717) is 11.4 Å². The summed E-state index contributed by atoms with van der Waals surface area (Å²) in [7, 11) is -3.67. The lowest BCUT2D eigenvalue weighted by molar-refractivity contribution is 0.601. The first-order valence-electron chi connectivity index (χ1n) is 5.70. The normalized spacial score (nSPS) is 11.3. The van der Waals surface area contributed by atoms with Crippen molar-refractivity contribution in [3.8, 4) is 0 Å². The zero-order valence-corrected chi connectivity index (χ0v) is 11.5. The second-order valence-corrected chi connectivity index (χ2v) is 5.95. The van der Waals surface area contributed by atoms with Gasteiger partial charge in [-0.05, 0) is 43.2 Å². The van der Waals surface area contributed by atoms with Crippen molar-refractivity contribution in [2.24, 2.45) is 0 Å². The molecule has 0 saturated heterocycles. The molecule has 19 heavy (non-hydrogen) atoms. The van der Waals surface area contributed by atoms with Gasteiger partial charge in [-0.1, -0.05) is 6.07 Å². The minimum absolute atomic E-state index is 0.107. The molecule has 0 radical (unpaired) electrons. The van der Waals surface area contributed by atoms with Crippen LogP contribution in [0.5, 0.6) is 0 Å². The predicted molar refractivity (Wildman–Crippen MR) is 75.4 cm³/mol. The molecule has 0 spiro atoms. The highest BCUT2D eigenvalue weighted by molar-refractivity contribution is 7.92. The monoisotopic (exact) mass is 277 g/mol. The van der Waals surface area contributed by atoms with Crippen molar-refractivity contribution >= 4 is 21.4 Å². The van der Waals surface area contributed by atoms with Crippen LogP contribution in [0.3, 0.4) is 0 Å². The fourth-order valence-corrected chi connectivity index (χ4v) is 2.79. The summed E-state index contributed by atoms with van der Waals surface area (Å²) in [5.74, 6) is 0. The van der Waals surface area contributed by atoms with Crippen molar-refractivity contribution < 1.29 is 8.42 Å². The van der Waals surface area contributed by atoms with Gasteiger partial charge in [0.2, 0.25) is 0 Å². The number of sulfonamides is 1. The Morgan fingerprint density at radius 3 is 2.58 bits per heavy atom. The Morgan fingerprint density at radius 1 is 1.21 bits per heavy atom. The van der Waals surface area contributed by atoms with Gasteiger partial charge < -0.3 is 5.73 Å². The zero-order chi connectivity index (χ0) is 14.0. The van der Waals surface area contributed by atoms with Gasteiger partial charge in [0, 0.05) is 12.4 Å². The quantitative estimate of drug-likeness (QED) is 0.841. The van der Waals surface area contributed by atoms with Gasteiger partial charge >= 0.3 is 0 Å². The molecule has 6 heteroatoms. The Morgan fingerprint density at radius 2 is 1.95 bits per heavy atom. The molecule has 0 unspecified atom stereocenters. The van der Waals surface area contributed by atoms with Crippen molar-refractivity contribution in [2.45, 2.75) is 18.7 Å². The van der Waals surface area contributed by atoms with Crippen molar-refractivity contribution in [1.82, 2.24) is 4.98 Å². The molecule has 2 rings (SSSR count). The summed E-state index contributed by atoms with van der Waals surface area (Å²) >= 11 is 0. The second-order valence-electron chi connectivity index (χ2n) is 4.27. The minimum atomic E-state index is -3.67. The lowest BCUT2D eigenvalue weighted by Crippen LogP contribution is -2.15. The summed E-state index contributed by atoms with van der Waals surface area (Å²) < 4.78 is 26.9. The van der Waals surface area contributed by atoms with E-state index < -0.39 is 10.0 Å². The number of benzene rings is 1. The van der Waals surface area contributed by atoms with Gasteiger partial charge in [0.25, 0.3) is 10.0 Å². The lowest BCUT2D eigenvalue weighted by atomic mass is 10.1. The largest absolute Gasteiger partial charge is 0.397 e. The molecule has 0 atom stereocenters. The van der Waals surface area contributed by atoms with E-state index in [1.54, 1.807) is 12.1 Å². The molecule has 2 aromatic rings. The number of rotatable bonds is 3. The molecule has 5 nitrogen and oxygen atoms in total. The zero-order valence-electron chi connectivity index (χ0n) is 10.7. The highest BCUT2D eigenvalue weighted by Gasteiger charge is 2.17. The first-order chi connectivity index (χ1) is 8.92. The number of nitrogen functional groups attached to an aromatic ring is 1. The molecule has 0 aliphatic heterocycles. The molecule has 1 aromatic heterocycles. The summed E-state index contributed by atoms with van der Waals surface area (Å²) in [6.07, 6.45) is 2.81. The van der Waals surface area contributed by atoms with Crippen LogP contribution in [0, 0.1) is 13.8 Å². The average molecular weight is 277 g/mol. The van der Waals surface area contributed by atoms with Gasteiger partial charge in [0.1, 0.15) is 4.90 Å². The number of anilines is 2. The molecule has 1 heterocycles. The molecule has 0 saturated carbocycles. The molecule has 3 N–H and O–H groups in total. The van der Waals surface area contributed by atoms with E-state index in [1.165, 1.54) is 18.5 Å². The Kier molecular flexibility index (Phi) is 3.44. The van der Waals surface area contributed by atoms with Gasteiger partial charge in [0.15, 0.2) is 0 Å². The van der Waals surface area contributed by atoms with Crippen LogP contribution in [0.4, 0.5) is 11.4 Å². The van der Waals surface area contributed by atoms with Crippen LogP contribution in [0.25, 0.3) is 0 Å². The molecule has 0 aliphatic carbocycles. The third-order valence-corrected chi connectivity index (χ3v) is 4.28. The molecular formula is C13H15N3O2S. The smallest absolute Gasteiger partial charge is 0.263 e. The average Bonchev–Trinajstić information content (AvgIpc) is 2.40. The van der Waals surface area contributed by atoms with E-state index in [0.717, 1.165) is 11.1 Å². The third-order valence-electron chi connectivity index (χ3n) is 2.95. The number of aromatic nitrogens is 1. The summed E-state index contributed by atoms with van der Waals surface area (Å²) in [5.41, 5.74) is 8.43. The number of nitrogens with zero attached hydrogens (tertiary/aromatic N) is 1. The van der Waals surface area contributed by atoms with E-state index in [2.05, 4.69) is 9.71 Å². The number of nitrogens with one attached hydrogen (secondary N) is 1. The van der Waals surface area contributed by atoms with Gasteiger partial charge in [-0.2, -0.15) is 0 Å². The van der Waals surface area contributed by atoms with Gasteiger partial charge in [-0.15, -0.1) is 0 Å². The van der Waals surface area contributed by atoms with Gasteiger partial charge in [-0.25, -0.2) is 8.42 Å². The summed E-state index contributed by atoms with van der Waals surface area (Å²) in [6.45, 7) is 3.73. The summed E-state index contributed by atoms with van der Waals surface area (Å²) in [6, 6.07) is 6.59. The summed E-state index contributed by atoms with van der Waals surface area (Å²) in [5, 5.41) is 0. The van der Waals surface area contributed by atoms with Crippen LogP contribution >= 0.6 is 0 Å². The van der Waals surface area contributed by atoms with Gasteiger partial charge in [0.05, 0.1) is 11.4 Å². The van der Waals surface area contributed by atoms with E-state index in [-0.39, 0.29) is 4.90 Å². The Hall–Kier alpha value is -2.08. The van der Waals surface area contributed by atoms with Crippen LogP contribution in [-0.4, -0.2) is 13.4 Å². The standard InChI is InChI=1S/C13H15N3O2S/c1-9-5-6-12(14)13(10(9)2)16-19(17,18)11-4-3-7-15-8-11/h3-8,16H,14H2,1-2H3. The van der Waals surface area contributed by atoms with Crippen molar-refractivity contribution in [3.05, 3.63) is 47.8 Å². The number of nitrogens with two attached hydrogens (primary N) is 1. The van der Waals surface area contributed by atoms with E-state index in [4.69, 9.17) is 5.73 Å². The van der Waals surface area contributed by atoms with Crippen LogP contribution in [0.15, 0.2) is 41.6 Å². The van der Waals surface area contributed by atoms with Crippen molar-refractivity contribution in [1.29, 1.82) is 0 Å². The van der Waals surface area contributed by atoms with Gasteiger partial charge in [-0.3, -0.25) is 9.71 Å². The van der Waals surface area contributed by atoms with Crippen LogP contribution in [-0.2, 0) is 10.0 Å². The molecule has 1 aromatic carbocycles. The van der Waals surface area contributed by atoms with Crippen LogP contribution in [0.1, 0.15) is 11.1 Å². The minimum Gasteiger partial charge on any atom is -0.397 e.